The van der Waals surface area contributed by atoms with Crippen molar-refractivity contribution in [2.75, 3.05) is 0 Å². The molecule has 1 aromatic heterocycles. The van der Waals surface area contributed by atoms with Crippen molar-refractivity contribution in [1.29, 1.82) is 0 Å². The van der Waals surface area contributed by atoms with Gasteiger partial charge in [-0.25, -0.2) is 4.98 Å². The fourth-order valence-corrected chi connectivity index (χ4v) is 3.20. The van der Waals surface area contributed by atoms with E-state index in [1.54, 1.807) is 0 Å². The normalized spacial score (nSPS) is 17.8. The summed E-state index contributed by atoms with van der Waals surface area (Å²) in [5.41, 5.74) is 4.38. The van der Waals surface area contributed by atoms with E-state index in [-0.39, 0.29) is 5.92 Å². The largest absolute Gasteiger partial charge is 0.481 e. The summed E-state index contributed by atoms with van der Waals surface area (Å²) in [7, 11) is 0. The van der Waals surface area contributed by atoms with Gasteiger partial charge in [-0.3, -0.25) is 4.79 Å². The molecule has 104 valence electrons. The van der Waals surface area contributed by atoms with Gasteiger partial charge in [-0.15, -0.1) is 0 Å². The first-order chi connectivity index (χ1) is 9.56. The van der Waals surface area contributed by atoms with Crippen LogP contribution in [0.3, 0.4) is 0 Å². The number of nitrogens with zero attached hydrogens (tertiary/aromatic N) is 2. The quantitative estimate of drug-likeness (QED) is 0.916. The summed E-state index contributed by atoms with van der Waals surface area (Å²) in [4.78, 5) is 15.7. The van der Waals surface area contributed by atoms with E-state index in [1.807, 2.05) is 4.57 Å². The van der Waals surface area contributed by atoms with Crippen LogP contribution in [0.25, 0.3) is 11.3 Å². The summed E-state index contributed by atoms with van der Waals surface area (Å²) in [5, 5.41) is 9.16. The smallest absolute Gasteiger partial charge is 0.308 e. The molecular formula is C15H15BrN2O2. The van der Waals surface area contributed by atoms with E-state index in [0.29, 0.717) is 17.7 Å². The first kappa shape index (κ1) is 13.4. The van der Waals surface area contributed by atoms with Crippen molar-refractivity contribution in [2.45, 2.75) is 26.3 Å². The topological polar surface area (TPSA) is 55.1 Å². The lowest BCUT2D eigenvalue weighted by Crippen LogP contribution is -2.26. The molecule has 4 nitrogen and oxygen atoms in total. The van der Waals surface area contributed by atoms with E-state index in [2.05, 4.69) is 52.1 Å². The SMILES string of the molecule is Cc1ccc(-c2nc(Br)n3c2CCC(C(=O)O)C3)cc1. The maximum Gasteiger partial charge on any atom is 0.308 e. The van der Waals surface area contributed by atoms with Crippen LogP contribution in [0.5, 0.6) is 0 Å². The first-order valence-corrected chi connectivity index (χ1v) is 7.40. The van der Waals surface area contributed by atoms with Crippen LogP contribution in [0.1, 0.15) is 17.7 Å². The molecule has 0 spiro atoms. The Hall–Kier alpha value is -1.62. The van der Waals surface area contributed by atoms with Crippen LogP contribution in [0, 0.1) is 12.8 Å². The molecule has 1 atom stereocenters. The molecule has 1 aliphatic heterocycles. The molecule has 0 radical (unpaired) electrons. The zero-order valence-corrected chi connectivity index (χ0v) is 12.7. The molecular weight excluding hydrogens is 320 g/mol. The third kappa shape index (κ3) is 2.26. The Morgan fingerprint density at radius 2 is 2.10 bits per heavy atom. The Labute approximate surface area is 125 Å². The number of imidazole rings is 1. The van der Waals surface area contributed by atoms with Gasteiger partial charge < -0.3 is 9.67 Å². The first-order valence-electron chi connectivity index (χ1n) is 6.61. The van der Waals surface area contributed by atoms with Crippen LogP contribution < -0.4 is 0 Å². The number of carboxylic acid groups (broad SMARTS) is 1. The maximum atomic E-state index is 11.1. The Balaban J connectivity index is 2.02. The Morgan fingerprint density at radius 3 is 2.75 bits per heavy atom. The zero-order chi connectivity index (χ0) is 14.3. The van der Waals surface area contributed by atoms with Crippen LogP contribution in [-0.4, -0.2) is 20.6 Å². The maximum absolute atomic E-state index is 11.1. The van der Waals surface area contributed by atoms with Gasteiger partial charge in [0.1, 0.15) is 0 Å². The summed E-state index contributed by atoms with van der Waals surface area (Å²) >= 11 is 3.45. The molecule has 0 saturated heterocycles. The molecule has 0 amide bonds. The van der Waals surface area contributed by atoms with E-state index >= 15 is 0 Å². The standard InChI is InChI=1S/C15H15BrN2O2/c1-9-2-4-10(5-3-9)13-12-7-6-11(14(19)20)8-18(12)15(16)17-13/h2-5,11H,6-8H2,1H3,(H,19,20). The summed E-state index contributed by atoms with van der Waals surface area (Å²) < 4.78 is 2.70. The summed E-state index contributed by atoms with van der Waals surface area (Å²) in [6.07, 6.45) is 1.42. The van der Waals surface area contributed by atoms with Gasteiger partial charge in [0.2, 0.25) is 0 Å². The molecule has 1 aromatic carbocycles. The minimum absolute atomic E-state index is 0.320. The number of benzene rings is 1. The molecule has 20 heavy (non-hydrogen) atoms. The van der Waals surface area contributed by atoms with Gasteiger partial charge in [0.25, 0.3) is 0 Å². The number of hydrogen-bond donors (Lipinski definition) is 1. The van der Waals surface area contributed by atoms with Crippen LogP contribution in [-0.2, 0) is 17.8 Å². The van der Waals surface area contributed by atoms with Crippen molar-refractivity contribution in [3.63, 3.8) is 0 Å². The number of carboxylic acids is 1. The highest BCUT2D eigenvalue weighted by Crippen LogP contribution is 2.32. The second-order valence-electron chi connectivity index (χ2n) is 5.23. The van der Waals surface area contributed by atoms with E-state index in [9.17, 15) is 4.79 Å². The van der Waals surface area contributed by atoms with Crippen molar-refractivity contribution in [3.8, 4) is 11.3 Å². The van der Waals surface area contributed by atoms with Gasteiger partial charge in [-0.1, -0.05) is 29.8 Å². The average molecular weight is 335 g/mol. The monoisotopic (exact) mass is 334 g/mol. The lowest BCUT2D eigenvalue weighted by Gasteiger charge is -2.22. The van der Waals surface area contributed by atoms with E-state index in [1.165, 1.54) is 5.56 Å². The van der Waals surface area contributed by atoms with E-state index in [4.69, 9.17) is 5.11 Å². The highest BCUT2D eigenvalue weighted by atomic mass is 79.9. The Bertz CT molecular complexity index is 661. The molecule has 3 rings (SSSR count). The van der Waals surface area contributed by atoms with Crippen molar-refractivity contribution >= 4 is 21.9 Å². The molecule has 0 bridgehead atoms. The molecule has 2 aromatic rings. The molecule has 1 N–H and O–H groups in total. The highest BCUT2D eigenvalue weighted by Gasteiger charge is 2.28. The molecule has 1 aliphatic rings. The number of carbonyl (C=O) groups is 1. The fourth-order valence-electron chi connectivity index (χ4n) is 2.66. The summed E-state index contributed by atoms with van der Waals surface area (Å²) in [5.74, 6) is -1.05. The van der Waals surface area contributed by atoms with Gasteiger partial charge in [-0.2, -0.15) is 0 Å². The van der Waals surface area contributed by atoms with Crippen LogP contribution in [0.2, 0.25) is 0 Å². The number of aryl methyl sites for hydroxylation is 1. The minimum Gasteiger partial charge on any atom is -0.481 e. The summed E-state index contributed by atoms with van der Waals surface area (Å²) in [6, 6.07) is 8.26. The van der Waals surface area contributed by atoms with E-state index < -0.39 is 5.97 Å². The van der Waals surface area contributed by atoms with Crippen molar-refractivity contribution < 1.29 is 9.90 Å². The van der Waals surface area contributed by atoms with Crippen molar-refractivity contribution in [1.82, 2.24) is 9.55 Å². The number of hydrogen-bond acceptors (Lipinski definition) is 2. The zero-order valence-electron chi connectivity index (χ0n) is 11.1. The van der Waals surface area contributed by atoms with Crippen LogP contribution in [0.4, 0.5) is 0 Å². The molecule has 2 heterocycles. The molecule has 5 heteroatoms. The summed E-state index contributed by atoms with van der Waals surface area (Å²) in [6.45, 7) is 2.55. The van der Waals surface area contributed by atoms with Crippen LogP contribution in [0.15, 0.2) is 29.0 Å². The second kappa shape index (κ2) is 5.05. The van der Waals surface area contributed by atoms with Gasteiger partial charge >= 0.3 is 5.97 Å². The Morgan fingerprint density at radius 1 is 1.40 bits per heavy atom. The van der Waals surface area contributed by atoms with Crippen molar-refractivity contribution in [2.24, 2.45) is 5.92 Å². The number of halogens is 1. The third-order valence-corrected chi connectivity index (χ3v) is 4.44. The average Bonchev–Trinajstić information content (AvgIpc) is 2.76. The highest BCUT2D eigenvalue weighted by molar-refractivity contribution is 9.10. The van der Waals surface area contributed by atoms with Gasteiger partial charge in [0.05, 0.1) is 11.6 Å². The van der Waals surface area contributed by atoms with Gasteiger partial charge in [0, 0.05) is 17.8 Å². The lowest BCUT2D eigenvalue weighted by atomic mass is 9.96. The predicted octanol–water partition coefficient (Wildman–Crippen LogP) is 3.27. The van der Waals surface area contributed by atoms with E-state index in [0.717, 1.165) is 23.4 Å². The fraction of sp³-hybridized carbons (Fsp3) is 0.333. The third-order valence-electron chi connectivity index (χ3n) is 3.83. The number of aliphatic carboxylic acids is 1. The molecule has 1 unspecified atom stereocenters. The predicted molar refractivity (Wildman–Crippen MR) is 79.5 cm³/mol. The minimum atomic E-state index is -0.729. The van der Waals surface area contributed by atoms with Gasteiger partial charge in [-0.05, 0) is 35.7 Å². The van der Waals surface area contributed by atoms with Crippen LogP contribution >= 0.6 is 15.9 Å². The second-order valence-corrected chi connectivity index (χ2v) is 5.94. The molecule has 0 saturated carbocycles. The lowest BCUT2D eigenvalue weighted by molar-refractivity contribution is -0.142. The molecule has 0 fully saturated rings. The van der Waals surface area contributed by atoms with Gasteiger partial charge in [0.15, 0.2) is 4.73 Å². The number of rotatable bonds is 2. The Kier molecular flexibility index (Phi) is 3.38. The number of fused-ring (bicyclic) bond motifs is 1. The number of aromatic nitrogens is 2. The van der Waals surface area contributed by atoms with Crippen molar-refractivity contribution in [3.05, 3.63) is 40.3 Å². The molecule has 0 aliphatic carbocycles.